The van der Waals surface area contributed by atoms with Gasteiger partial charge in [0.15, 0.2) is 0 Å². The second-order valence-electron chi connectivity index (χ2n) is 5.44. The first-order valence-corrected chi connectivity index (χ1v) is 7.75. The molecule has 20 heavy (non-hydrogen) atoms. The Morgan fingerprint density at radius 1 is 1.05 bits per heavy atom. The Morgan fingerprint density at radius 2 is 1.75 bits per heavy atom. The van der Waals surface area contributed by atoms with Crippen molar-refractivity contribution in [1.82, 2.24) is 20.1 Å². The van der Waals surface area contributed by atoms with Crippen molar-refractivity contribution in [3.8, 4) is 0 Å². The summed E-state index contributed by atoms with van der Waals surface area (Å²) in [5.41, 5.74) is 2.07. The molecule has 0 aromatic carbocycles. The van der Waals surface area contributed by atoms with Gasteiger partial charge in [-0.2, -0.15) is 5.10 Å². The summed E-state index contributed by atoms with van der Waals surface area (Å²) < 4.78 is 0. The SMILES string of the molecule is CCc1nnc(NCCCCN(C)C(C)C)nc1CC. The molecule has 0 radical (unpaired) electrons. The summed E-state index contributed by atoms with van der Waals surface area (Å²) in [5.74, 6) is 0.663. The smallest absolute Gasteiger partial charge is 0.242 e. The third-order valence-electron chi connectivity index (χ3n) is 3.61. The maximum absolute atomic E-state index is 4.53. The molecular formula is C15H29N5. The van der Waals surface area contributed by atoms with Gasteiger partial charge in [0, 0.05) is 12.6 Å². The molecule has 0 atom stereocenters. The van der Waals surface area contributed by atoms with E-state index < -0.39 is 0 Å². The van der Waals surface area contributed by atoms with Crippen molar-refractivity contribution >= 4 is 5.95 Å². The van der Waals surface area contributed by atoms with Gasteiger partial charge in [-0.1, -0.05) is 13.8 Å². The first-order valence-electron chi connectivity index (χ1n) is 7.75. The summed E-state index contributed by atoms with van der Waals surface area (Å²) in [6.45, 7) is 10.7. The van der Waals surface area contributed by atoms with Crippen LogP contribution < -0.4 is 5.32 Å². The minimum absolute atomic E-state index is 0.615. The van der Waals surface area contributed by atoms with E-state index in [4.69, 9.17) is 0 Å². The van der Waals surface area contributed by atoms with Crippen molar-refractivity contribution in [1.29, 1.82) is 0 Å². The molecule has 0 saturated heterocycles. The highest BCUT2D eigenvalue weighted by molar-refractivity contribution is 5.25. The molecule has 0 spiro atoms. The third kappa shape index (κ3) is 5.41. The predicted octanol–water partition coefficient (Wildman–Crippen LogP) is 2.53. The van der Waals surface area contributed by atoms with Crippen LogP contribution in [0, 0.1) is 0 Å². The Bertz CT molecular complexity index is 392. The van der Waals surface area contributed by atoms with Crippen LogP contribution in [0.2, 0.25) is 0 Å². The number of hydrogen-bond acceptors (Lipinski definition) is 5. The Balaban J connectivity index is 2.32. The van der Waals surface area contributed by atoms with Gasteiger partial charge in [0.1, 0.15) is 0 Å². The molecule has 114 valence electrons. The Hall–Kier alpha value is -1.23. The molecular weight excluding hydrogens is 250 g/mol. The van der Waals surface area contributed by atoms with Crippen LogP contribution in [0.25, 0.3) is 0 Å². The van der Waals surface area contributed by atoms with Gasteiger partial charge in [-0.05, 0) is 53.1 Å². The van der Waals surface area contributed by atoms with Crippen LogP contribution >= 0.6 is 0 Å². The van der Waals surface area contributed by atoms with E-state index >= 15 is 0 Å². The summed E-state index contributed by atoms with van der Waals surface area (Å²) in [6, 6.07) is 0.615. The quantitative estimate of drug-likeness (QED) is 0.704. The number of anilines is 1. The number of rotatable bonds is 9. The maximum atomic E-state index is 4.53. The molecule has 0 aliphatic heterocycles. The van der Waals surface area contributed by atoms with Gasteiger partial charge < -0.3 is 10.2 Å². The lowest BCUT2D eigenvalue weighted by molar-refractivity contribution is 0.269. The molecule has 0 saturated carbocycles. The zero-order chi connectivity index (χ0) is 15.0. The van der Waals surface area contributed by atoms with E-state index in [1.165, 1.54) is 6.42 Å². The van der Waals surface area contributed by atoms with E-state index in [1.807, 2.05) is 0 Å². The van der Waals surface area contributed by atoms with E-state index in [2.05, 4.69) is 60.1 Å². The summed E-state index contributed by atoms with van der Waals surface area (Å²) in [5, 5.41) is 11.6. The molecule has 0 aliphatic rings. The average Bonchev–Trinajstić information content (AvgIpc) is 2.46. The van der Waals surface area contributed by atoms with Crippen LogP contribution in [-0.2, 0) is 12.8 Å². The molecule has 0 fully saturated rings. The average molecular weight is 279 g/mol. The summed E-state index contributed by atoms with van der Waals surface area (Å²) >= 11 is 0. The number of nitrogens with one attached hydrogen (secondary N) is 1. The van der Waals surface area contributed by atoms with Gasteiger partial charge in [-0.25, -0.2) is 4.98 Å². The molecule has 1 aromatic heterocycles. The minimum Gasteiger partial charge on any atom is -0.353 e. The normalized spacial score (nSPS) is 11.3. The fourth-order valence-electron chi connectivity index (χ4n) is 1.96. The third-order valence-corrected chi connectivity index (χ3v) is 3.61. The molecule has 1 N–H and O–H groups in total. The van der Waals surface area contributed by atoms with Crippen LogP contribution in [0.3, 0.4) is 0 Å². The Kier molecular flexibility index (Phi) is 7.44. The van der Waals surface area contributed by atoms with E-state index in [0.717, 1.165) is 43.7 Å². The topological polar surface area (TPSA) is 53.9 Å². The highest BCUT2D eigenvalue weighted by Gasteiger charge is 2.06. The lowest BCUT2D eigenvalue weighted by atomic mass is 10.2. The summed E-state index contributed by atoms with van der Waals surface area (Å²) in [6.07, 6.45) is 4.11. The summed E-state index contributed by atoms with van der Waals surface area (Å²) in [7, 11) is 2.17. The Morgan fingerprint density at radius 3 is 2.35 bits per heavy atom. The molecule has 5 nitrogen and oxygen atoms in total. The predicted molar refractivity (Wildman–Crippen MR) is 84.1 cm³/mol. The lowest BCUT2D eigenvalue weighted by Gasteiger charge is -2.20. The van der Waals surface area contributed by atoms with Crippen molar-refractivity contribution < 1.29 is 0 Å². The van der Waals surface area contributed by atoms with E-state index in [-0.39, 0.29) is 0 Å². The fraction of sp³-hybridized carbons (Fsp3) is 0.800. The number of hydrogen-bond donors (Lipinski definition) is 1. The van der Waals surface area contributed by atoms with Crippen molar-refractivity contribution in [3.63, 3.8) is 0 Å². The van der Waals surface area contributed by atoms with Gasteiger partial charge >= 0.3 is 0 Å². The lowest BCUT2D eigenvalue weighted by Crippen LogP contribution is -2.27. The van der Waals surface area contributed by atoms with Gasteiger partial charge in [0.05, 0.1) is 11.4 Å². The summed E-state index contributed by atoms with van der Waals surface area (Å²) in [4.78, 5) is 6.89. The highest BCUT2D eigenvalue weighted by Crippen LogP contribution is 2.07. The highest BCUT2D eigenvalue weighted by atomic mass is 15.2. The number of aromatic nitrogens is 3. The standard InChI is InChI=1S/C15H29N5/c1-6-13-14(7-2)18-19-15(17-13)16-10-8-9-11-20(5)12(3)4/h12H,6-11H2,1-5H3,(H,16,17,19). The maximum Gasteiger partial charge on any atom is 0.242 e. The van der Waals surface area contributed by atoms with E-state index in [0.29, 0.717) is 12.0 Å². The number of nitrogens with zero attached hydrogens (tertiary/aromatic N) is 4. The van der Waals surface area contributed by atoms with Crippen molar-refractivity contribution in [2.75, 3.05) is 25.5 Å². The zero-order valence-corrected chi connectivity index (χ0v) is 13.6. The van der Waals surface area contributed by atoms with Crippen LogP contribution in [0.1, 0.15) is 51.9 Å². The Labute approximate surface area is 123 Å². The molecule has 1 aromatic rings. The zero-order valence-electron chi connectivity index (χ0n) is 13.6. The van der Waals surface area contributed by atoms with Crippen LogP contribution in [-0.4, -0.2) is 46.3 Å². The van der Waals surface area contributed by atoms with Crippen molar-refractivity contribution in [2.45, 2.75) is 59.4 Å². The molecule has 1 heterocycles. The van der Waals surface area contributed by atoms with Gasteiger partial charge in [-0.3, -0.25) is 0 Å². The molecule has 0 bridgehead atoms. The van der Waals surface area contributed by atoms with Crippen LogP contribution in [0.4, 0.5) is 5.95 Å². The number of aryl methyl sites for hydroxylation is 2. The molecule has 0 unspecified atom stereocenters. The first-order chi connectivity index (χ1) is 9.58. The second kappa shape index (κ2) is 8.84. The number of unbranched alkanes of at least 4 members (excludes halogenated alkanes) is 1. The fourth-order valence-corrected chi connectivity index (χ4v) is 1.96. The van der Waals surface area contributed by atoms with Gasteiger partial charge in [-0.15, -0.1) is 5.10 Å². The van der Waals surface area contributed by atoms with Gasteiger partial charge in [0.2, 0.25) is 5.95 Å². The second-order valence-corrected chi connectivity index (χ2v) is 5.44. The van der Waals surface area contributed by atoms with Crippen molar-refractivity contribution in [3.05, 3.63) is 11.4 Å². The van der Waals surface area contributed by atoms with E-state index in [9.17, 15) is 0 Å². The monoisotopic (exact) mass is 279 g/mol. The van der Waals surface area contributed by atoms with Crippen molar-refractivity contribution in [2.24, 2.45) is 0 Å². The molecule has 0 amide bonds. The van der Waals surface area contributed by atoms with Gasteiger partial charge in [0.25, 0.3) is 0 Å². The van der Waals surface area contributed by atoms with Crippen LogP contribution in [0.15, 0.2) is 0 Å². The first kappa shape index (κ1) is 16.8. The van der Waals surface area contributed by atoms with Crippen LogP contribution in [0.5, 0.6) is 0 Å². The molecule has 1 rings (SSSR count). The minimum atomic E-state index is 0.615. The van der Waals surface area contributed by atoms with E-state index in [1.54, 1.807) is 0 Å². The molecule has 0 aliphatic carbocycles. The molecule has 5 heteroatoms. The largest absolute Gasteiger partial charge is 0.353 e.